The minimum atomic E-state index is -4.59. The maximum atomic E-state index is 13.2. The molecule has 2 heterocycles. The van der Waals surface area contributed by atoms with Crippen LogP contribution in [0.5, 0.6) is 0 Å². The Labute approximate surface area is 155 Å². The number of pyridine rings is 1. The Morgan fingerprint density at radius 3 is 2.26 bits per heavy atom. The van der Waals surface area contributed by atoms with Crippen LogP contribution >= 0.6 is 0 Å². The van der Waals surface area contributed by atoms with E-state index in [2.05, 4.69) is 4.98 Å². The fourth-order valence-corrected chi connectivity index (χ4v) is 4.48. The van der Waals surface area contributed by atoms with Crippen LogP contribution in [0.4, 0.5) is 13.2 Å². The standard InChI is InChI=1S/C19H19F3N2O2S/c1-12-10-15-16(8-9-17(23-15)19(20,21)22)24(12)27(25,26)14-7-5-6-13(11-14)18(2,3)4/h5-11H,1-4H3. The van der Waals surface area contributed by atoms with Gasteiger partial charge in [0.1, 0.15) is 5.69 Å². The topological polar surface area (TPSA) is 52.0 Å². The van der Waals surface area contributed by atoms with Gasteiger partial charge in [0.15, 0.2) is 0 Å². The smallest absolute Gasteiger partial charge is 0.242 e. The lowest BCUT2D eigenvalue weighted by Crippen LogP contribution is -2.17. The van der Waals surface area contributed by atoms with Gasteiger partial charge in [-0.05, 0) is 48.2 Å². The van der Waals surface area contributed by atoms with E-state index in [9.17, 15) is 21.6 Å². The Morgan fingerprint density at radius 2 is 1.67 bits per heavy atom. The van der Waals surface area contributed by atoms with Crippen LogP contribution in [0.2, 0.25) is 0 Å². The SMILES string of the molecule is Cc1cc2nc(C(F)(F)F)ccc2n1S(=O)(=O)c1cccc(C(C)(C)C)c1. The lowest BCUT2D eigenvalue weighted by molar-refractivity contribution is -0.140. The second-order valence-electron chi connectivity index (χ2n) is 7.43. The monoisotopic (exact) mass is 396 g/mol. The molecule has 0 aliphatic heterocycles. The van der Waals surface area contributed by atoms with E-state index in [4.69, 9.17) is 0 Å². The van der Waals surface area contributed by atoms with E-state index in [1.165, 1.54) is 19.1 Å². The zero-order valence-corrected chi connectivity index (χ0v) is 16.1. The lowest BCUT2D eigenvalue weighted by Gasteiger charge is -2.20. The molecule has 0 saturated heterocycles. The molecule has 144 valence electrons. The van der Waals surface area contributed by atoms with Gasteiger partial charge in [-0.1, -0.05) is 32.9 Å². The number of benzene rings is 1. The lowest BCUT2D eigenvalue weighted by atomic mass is 9.87. The molecule has 3 rings (SSSR count). The van der Waals surface area contributed by atoms with E-state index in [1.54, 1.807) is 12.1 Å². The zero-order valence-electron chi connectivity index (χ0n) is 15.3. The van der Waals surface area contributed by atoms with Crippen molar-refractivity contribution in [2.24, 2.45) is 0 Å². The molecule has 4 nitrogen and oxygen atoms in total. The fraction of sp³-hybridized carbons (Fsp3) is 0.316. The average Bonchev–Trinajstić information content (AvgIpc) is 2.88. The summed E-state index contributed by atoms with van der Waals surface area (Å²) < 4.78 is 66.1. The molecule has 2 aromatic heterocycles. The highest BCUT2D eigenvalue weighted by Gasteiger charge is 2.33. The van der Waals surface area contributed by atoms with Crippen molar-refractivity contribution in [2.75, 3.05) is 0 Å². The van der Waals surface area contributed by atoms with E-state index in [0.29, 0.717) is 0 Å². The van der Waals surface area contributed by atoms with E-state index in [-0.39, 0.29) is 27.0 Å². The summed E-state index contributed by atoms with van der Waals surface area (Å²) in [6, 6.07) is 9.86. The van der Waals surface area contributed by atoms with Crippen LogP contribution in [0, 0.1) is 6.92 Å². The van der Waals surface area contributed by atoms with Crippen LogP contribution in [-0.2, 0) is 21.6 Å². The Bertz CT molecular complexity index is 1120. The Kier molecular flexibility index (Phi) is 4.38. The van der Waals surface area contributed by atoms with Crippen molar-refractivity contribution >= 4 is 21.1 Å². The fourth-order valence-electron chi connectivity index (χ4n) is 2.90. The number of aromatic nitrogens is 2. The van der Waals surface area contributed by atoms with E-state index >= 15 is 0 Å². The molecule has 0 spiro atoms. The Balaban J connectivity index is 2.21. The highest BCUT2D eigenvalue weighted by Crippen LogP contribution is 2.32. The largest absolute Gasteiger partial charge is 0.433 e. The summed E-state index contributed by atoms with van der Waals surface area (Å²) in [5, 5.41) is 0. The highest BCUT2D eigenvalue weighted by molar-refractivity contribution is 7.90. The molecule has 0 aliphatic rings. The molecule has 0 unspecified atom stereocenters. The molecule has 0 fully saturated rings. The summed E-state index contributed by atoms with van der Waals surface area (Å²) in [6.07, 6.45) is -4.59. The normalized spacial score (nSPS) is 13.3. The third kappa shape index (κ3) is 3.45. The Morgan fingerprint density at radius 1 is 1.00 bits per heavy atom. The van der Waals surface area contributed by atoms with Crippen LogP contribution in [0.1, 0.15) is 37.7 Å². The molecule has 1 aromatic carbocycles. The minimum Gasteiger partial charge on any atom is -0.242 e. The van der Waals surface area contributed by atoms with E-state index < -0.39 is 21.9 Å². The molecule has 0 radical (unpaired) electrons. The van der Waals surface area contributed by atoms with E-state index in [0.717, 1.165) is 21.7 Å². The molecular weight excluding hydrogens is 377 g/mol. The van der Waals surface area contributed by atoms with Gasteiger partial charge in [0.25, 0.3) is 10.0 Å². The highest BCUT2D eigenvalue weighted by atomic mass is 32.2. The maximum Gasteiger partial charge on any atom is 0.433 e. The molecule has 0 bridgehead atoms. The van der Waals surface area contributed by atoms with Crippen molar-refractivity contribution < 1.29 is 21.6 Å². The summed E-state index contributed by atoms with van der Waals surface area (Å²) in [5.74, 6) is 0. The van der Waals surface area contributed by atoms with Gasteiger partial charge in [-0.3, -0.25) is 0 Å². The van der Waals surface area contributed by atoms with Gasteiger partial charge in [-0.25, -0.2) is 17.4 Å². The first kappa shape index (κ1) is 19.4. The predicted molar refractivity (Wildman–Crippen MR) is 97.2 cm³/mol. The van der Waals surface area contributed by atoms with Crippen molar-refractivity contribution in [1.82, 2.24) is 8.96 Å². The first-order valence-corrected chi connectivity index (χ1v) is 9.68. The van der Waals surface area contributed by atoms with Crippen molar-refractivity contribution in [3.8, 4) is 0 Å². The second-order valence-corrected chi connectivity index (χ2v) is 9.22. The predicted octanol–water partition coefficient (Wildman–Crippen LogP) is 4.90. The van der Waals surface area contributed by atoms with Gasteiger partial charge < -0.3 is 0 Å². The number of fused-ring (bicyclic) bond motifs is 1. The summed E-state index contributed by atoms with van der Waals surface area (Å²) in [5.41, 5.74) is -0.0744. The number of alkyl halides is 3. The van der Waals surface area contributed by atoms with Crippen LogP contribution in [0.15, 0.2) is 47.4 Å². The summed E-state index contributed by atoms with van der Waals surface area (Å²) in [6.45, 7) is 7.44. The molecule has 0 amide bonds. The molecule has 3 aromatic rings. The van der Waals surface area contributed by atoms with E-state index in [1.807, 2.05) is 26.8 Å². The molecule has 27 heavy (non-hydrogen) atoms. The number of nitrogens with zero attached hydrogens (tertiary/aromatic N) is 2. The zero-order chi connectivity index (χ0) is 20.2. The van der Waals surface area contributed by atoms with Crippen LogP contribution in [0.25, 0.3) is 11.0 Å². The first-order valence-electron chi connectivity index (χ1n) is 8.24. The third-order valence-corrected chi connectivity index (χ3v) is 6.13. The van der Waals surface area contributed by atoms with Gasteiger partial charge in [0.05, 0.1) is 15.9 Å². The third-order valence-electron chi connectivity index (χ3n) is 4.32. The summed E-state index contributed by atoms with van der Waals surface area (Å²) >= 11 is 0. The van der Waals surface area contributed by atoms with Gasteiger partial charge in [-0.15, -0.1) is 0 Å². The molecule has 0 atom stereocenters. The van der Waals surface area contributed by atoms with Gasteiger partial charge in [-0.2, -0.15) is 13.2 Å². The quantitative estimate of drug-likeness (QED) is 0.619. The maximum absolute atomic E-state index is 13.2. The van der Waals surface area contributed by atoms with Gasteiger partial charge in [0.2, 0.25) is 0 Å². The molecule has 0 N–H and O–H groups in total. The summed E-state index contributed by atoms with van der Waals surface area (Å²) in [7, 11) is -3.99. The number of rotatable bonds is 2. The number of hydrogen-bond donors (Lipinski definition) is 0. The molecular formula is C19H19F3N2O2S. The molecule has 0 saturated carbocycles. The van der Waals surface area contributed by atoms with Crippen molar-refractivity contribution in [3.05, 3.63) is 59.4 Å². The van der Waals surface area contributed by atoms with Gasteiger partial charge >= 0.3 is 6.18 Å². The number of halogens is 3. The number of hydrogen-bond acceptors (Lipinski definition) is 3. The minimum absolute atomic E-state index is 0.0159. The average molecular weight is 396 g/mol. The van der Waals surface area contributed by atoms with Crippen LogP contribution in [-0.4, -0.2) is 17.4 Å². The number of aryl methyl sites for hydroxylation is 1. The van der Waals surface area contributed by atoms with Gasteiger partial charge in [0, 0.05) is 5.69 Å². The van der Waals surface area contributed by atoms with Crippen molar-refractivity contribution in [2.45, 2.75) is 44.2 Å². The molecule has 8 heteroatoms. The van der Waals surface area contributed by atoms with Crippen LogP contribution in [0.3, 0.4) is 0 Å². The Hall–Kier alpha value is -2.35. The molecule has 0 aliphatic carbocycles. The van der Waals surface area contributed by atoms with Crippen molar-refractivity contribution in [3.63, 3.8) is 0 Å². The first-order chi connectivity index (χ1) is 12.3. The van der Waals surface area contributed by atoms with Crippen molar-refractivity contribution in [1.29, 1.82) is 0 Å². The second kappa shape index (κ2) is 6.09. The van der Waals surface area contributed by atoms with Crippen LogP contribution < -0.4 is 0 Å². The summed E-state index contributed by atoms with van der Waals surface area (Å²) in [4.78, 5) is 3.66.